The summed E-state index contributed by atoms with van der Waals surface area (Å²) >= 11 is 0. The molecule has 0 spiro atoms. The summed E-state index contributed by atoms with van der Waals surface area (Å²) in [6.07, 6.45) is -0.671. The molecular weight excluding hydrogens is 1000 g/mol. The van der Waals surface area contributed by atoms with Gasteiger partial charge in [-0.05, 0) is 89.4 Å². The van der Waals surface area contributed by atoms with Gasteiger partial charge in [0.1, 0.15) is 54.4 Å². The molecule has 22 nitrogen and oxygen atoms in total. The van der Waals surface area contributed by atoms with Gasteiger partial charge in [0.25, 0.3) is 5.91 Å². The molecule has 2 amide bonds. The number of nitrogens with two attached hydrogens (primary N) is 1. The maximum atomic E-state index is 13.9. The van der Waals surface area contributed by atoms with E-state index in [4.69, 9.17) is 38.3 Å². The number of rotatable bonds is 18. The van der Waals surface area contributed by atoms with Crippen LogP contribution in [0.15, 0.2) is 54.0 Å². The number of carbonyl (C=O) groups is 3. The highest BCUT2D eigenvalue weighted by atomic mass is 28.4. The summed E-state index contributed by atoms with van der Waals surface area (Å²) in [6.45, 7) is 31.0. The summed E-state index contributed by atoms with van der Waals surface area (Å²) in [5, 5.41) is 15.6. The molecule has 3 fully saturated rings. The van der Waals surface area contributed by atoms with Crippen LogP contribution in [0.5, 0.6) is 0 Å². The van der Waals surface area contributed by atoms with E-state index in [0.29, 0.717) is 28.7 Å². The summed E-state index contributed by atoms with van der Waals surface area (Å²) in [5.41, 5.74) is 6.69. The average molecular weight is 1080 g/mol. The quantitative estimate of drug-likeness (QED) is 0.0717. The van der Waals surface area contributed by atoms with Gasteiger partial charge in [-0.3, -0.25) is 18.8 Å². The van der Waals surface area contributed by atoms with Crippen LogP contribution < -0.4 is 22.1 Å². The molecule has 0 bridgehead atoms. The average Bonchev–Trinajstić information content (AvgIpc) is 4.05. The Morgan fingerprint density at radius 1 is 0.920 bits per heavy atom. The molecule has 3 aliphatic rings. The Morgan fingerprint density at radius 2 is 1.59 bits per heavy atom. The molecule has 0 unspecified atom stereocenters. The Bertz CT molecular complexity index is 2750. The zero-order valence-corrected chi connectivity index (χ0v) is 48.1. The van der Waals surface area contributed by atoms with E-state index in [1.54, 1.807) is 76.0 Å². The lowest BCUT2D eigenvalue weighted by Gasteiger charge is -2.40. The molecule has 3 aromatic heterocycles. The largest absolute Gasteiger partial charge is 0.480 e. The van der Waals surface area contributed by atoms with Crippen LogP contribution in [0.4, 0.5) is 16.4 Å². The number of anilines is 2. The molecule has 1 aromatic carbocycles. The van der Waals surface area contributed by atoms with Gasteiger partial charge in [-0.1, -0.05) is 59.7 Å². The highest BCUT2D eigenvalue weighted by Gasteiger charge is 2.56. The van der Waals surface area contributed by atoms with Gasteiger partial charge in [0.2, 0.25) is 0 Å². The second-order valence-corrected chi connectivity index (χ2v) is 33.8. The third-order valence-corrected chi connectivity index (χ3v) is 23.8. The molecule has 24 heteroatoms. The molecule has 6 heterocycles. The van der Waals surface area contributed by atoms with Crippen LogP contribution in [0, 0.1) is 0 Å². The second kappa shape index (κ2) is 21.7. The Labute approximate surface area is 441 Å². The number of carboxylic acid groups (broad SMARTS) is 1. The van der Waals surface area contributed by atoms with Crippen molar-refractivity contribution < 1.29 is 52.0 Å². The van der Waals surface area contributed by atoms with Gasteiger partial charge in [0.15, 0.2) is 45.6 Å². The fourth-order valence-corrected chi connectivity index (χ4v) is 11.1. The first-order valence-electron chi connectivity index (χ1n) is 25.6. The summed E-state index contributed by atoms with van der Waals surface area (Å²) in [4.78, 5) is 72.4. The molecule has 0 saturated carbocycles. The van der Waals surface area contributed by atoms with E-state index in [1.165, 1.54) is 10.9 Å². The second-order valence-electron chi connectivity index (χ2n) is 24.3. The maximum Gasteiger partial charge on any atom is 0.408 e. The fraction of sp³-hybridized carbons (Fsp3) is 0.647. The number of carboxylic acids is 1. The van der Waals surface area contributed by atoms with E-state index in [1.807, 2.05) is 11.0 Å². The van der Waals surface area contributed by atoms with Crippen LogP contribution in [0.1, 0.15) is 117 Å². The SMILES string of the molecule is CC(C)(C)OC(=O)N[C@@H](CCN(Cc1cn([C@H]2C[C@H](O[Si](C)(C)C(C)(C)C)[C@@H](CO[Si](C)(C)C(C)(C)C)O2)c(=O)nc1N)C[C@H]1O[C@@H](n2cnc3c(NC(=O)c4ccccc4)ncnc32)[C@@H]2OC(C)(C)O[C@@H]21)C(=O)O. The summed E-state index contributed by atoms with van der Waals surface area (Å²) < 4.78 is 48.9. The predicted molar refractivity (Wildman–Crippen MR) is 285 cm³/mol. The van der Waals surface area contributed by atoms with Crippen LogP contribution in [0.25, 0.3) is 11.2 Å². The van der Waals surface area contributed by atoms with Gasteiger partial charge in [-0.15, -0.1) is 0 Å². The van der Waals surface area contributed by atoms with E-state index >= 15 is 0 Å². The van der Waals surface area contributed by atoms with Gasteiger partial charge in [-0.25, -0.2) is 29.3 Å². The van der Waals surface area contributed by atoms with Crippen molar-refractivity contribution in [2.75, 3.05) is 30.7 Å². The van der Waals surface area contributed by atoms with Crippen LogP contribution in [-0.4, -0.2) is 141 Å². The maximum absolute atomic E-state index is 13.9. The van der Waals surface area contributed by atoms with Gasteiger partial charge < -0.3 is 54.0 Å². The normalized spacial score (nSPS) is 23.6. The lowest BCUT2D eigenvalue weighted by atomic mass is 10.1. The van der Waals surface area contributed by atoms with Crippen molar-refractivity contribution in [3.8, 4) is 0 Å². The third-order valence-electron chi connectivity index (χ3n) is 14.8. The number of aromatic nitrogens is 6. The van der Waals surface area contributed by atoms with Crippen LogP contribution in [0.3, 0.4) is 0 Å². The van der Waals surface area contributed by atoms with Gasteiger partial charge in [0, 0.05) is 43.4 Å². The third kappa shape index (κ3) is 13.5. The van der Waals surface area contributed by atoms with Crippen molar-refractivity contribution in [2.45, 2.75) is 192 Å². The molecule has 0 radical (unpaired) electrons. The molecule has 4 aromatic rings. The molecule has 75 heavy (non-hydrogen) atoms. The van der Waals surface area contributed by atoms with Crippen molar-refractivity contribution in [1.29, 1.82) is 0 Å². The first-order chi connectivity index (χ1) is 34.7. The van der Waals surface area contributed by atoms with Crippen molar-refractivity contribution in [1.82, 2.24) is 39.3 Å². The van der Waals surface area contributed by atoms with Crippen molar-refractivity contribution in [2.24, 2.45) is 0 Å². The number of amides is 2. The van der Waals surface area contributed by atoms with Crippen LogP contribution in [0.2, 0.25) is 36.3 Å². The molecular formula is C51H78N10O12Si2. The van der Waals surface area contributed by atoms with E-state index < -0.39 is 88.7 Å². The number of hydrogen-bond acceptors (Lipinski definition) is 17. The van der Waals surface area contributed by atoms with E-state index in [2.05, 4.69) is 98.3 Å². The Hall–Kier alpha value is -5.19. The molecule has 8 atom stereocenters. The van der Waals surface area contributed by atoms with Crippen molar-refractivity contribution in [3.05, 3.63) is 70.8 Å². The Balaban J connectivity index is 1.20. The number of nitrogens with zero attached hydrogens (tertiary/aromatic N) is 7. The standard InChI is InChI=1S/C51H78N10O12Si2/c1-48(2,3)72-47(66)56-32(45(63)64)21-22-59(24-31-25-60(46(65)57-40(31)52)36-23-33(73-75(14,15)50(7,8)9)35(68-36)27-67-74(12,13)49(4,5)6)26-34-38-39(71-51(10,11)70-38)44(69-34)61-29-55-37-41(53-28-54-42(37)61)58-43(62)30-19-17-16-18-20-30/h16-20,25,28-29,32-36,38-39,44H,21-24,26-27H2,1-15H3,(H,56,66)(H,63,64)(H2,52,57,65)(H,53,54,58,62)/t32-,33-,34+,35+,36+,38+,39+,44+/m0/s1. The summed E-state index contributed by atoms with van der Waals surface area (Å²) in [5.74, 6) is -2.52. The number of hydrogen-bond donors (Lipinski definition) is 4. The fourth-order valence-electron chi connectivity index (χ4n) is 8.74. The van der Waals surface area contributed by atoms with Crippen molar-refractivity contribution in [3.63, 3.8) is 0 Å². The predicted octanol–water partition coefficient (Wildman–Crippen LogP) is 7.20. The number of nitrogens with one attached hydrogen (secondary N) is 2. The van der Waals surface area contributed by atoms with E-state index in [9.17, 15) is 24.3 Å². The number of ether oxygens (including phenoxy) is 5. The topological polar surface area (TPSA) is 268 Å². The molecule has 3 aliphatic heterocycles. The molecule has 7 rings (SSSR count). The zero-order chi connectivity index (χ0) is 55.2. The highest BCUT2D eigenvalue weighted by molar-refractivity contribution is 6.74. The molecule has 0 aliphatic carbocycles. The number of alkyl carbamates (subject to hydrolysis) is 1. The van der Waals surface area contributed by atoms with Gasteiger partial charge in [0.05, 0.1) is 19.0 Å². The zero-order valence-electron chi connectivity index (χ0n) is 46.1. The Kier molecular flexibility index (Phi) is 16.6. The molecule has 5 N–H and O–H groups in total. The lowest BCUT2D eigenvalue weighted by Crippen LogP contribution is -2.48. The number of aliphatic carboxylic acids is 1. The lowest BCUT2D eigenvalue weighted by molar-refractivity contribution is -0.198. The summed E-state index contributed by atoms with van der Waals surface area (Å²) in [6, 6.07) is 7.37. The summed E-state index contributed by atoms with van der Waals surface area (Å²) in [7, 11) is -4.55. The number of nitrogen functional groups attached to an aromatic ring is 1. The number of fused-ring (bicyclic) bond motifs is 2. The monoisotopic (exact) mass is 1080 g/mol. The Morgan fingerprint density at radius 3 is 2.23 bits per heavy atom. The minimum atomic E-state index is -2.34. The van der Waals surface area contributed by atoms with Crippen LogP contribution >= 0.6 is 0 Å². The van der Waals surface area contributed by atoms with E-state index in [0.717, 1.165) is 0 Å². The number of carbonyl (C=O) groups excluding carboxylic acids is 2. The first kappa shape index (κ1) is 57.5. The minimum Gasteiger partial charge on any atom is -0.480 e. The van der Waals surface area contributed by atoms with Gasteiger partial charge in [-0.2, -0.15) is 4.98 Å². The number of imidazole rings is 1. The van der Waals surface area contributed by atoms with Gasteiger partial charge >= 0.3 is 17.8 Å². The molecule has 3 saturated heterocycles. The van der Waals surface area contributed by atoms with Crippen LogP contribution in [-0.2, 0) is 43.9 Å². The number of benzene rings is 1. The first-order valence-corrected chi connectivity index (χ1v) is 31.4. The molecule has 412 valence electrons. The highest BCUT2D eigenvalue weighted by Crippen LogP contribution is 2.45. The van der Waals surface area contributed by atoms with Crippen molar-refractivity contribution >= 4 is 57.4 Å². The minimum absolute atomic E-state index is 0.0304. The van der Waals surface area contributed by atoms with E-state index in [-0.39, 0.29) is 66.4 Å². The smallest absolute Gasteiger partial charge is 0.408 e.